The van der Waals surface area contributed by atoms with Crippen LogP contribution in [0.2, 0.25) is 0 Å². The van der Waals surface area contributed by atoms with Gasteiger partial charge in [-0.3, -0.25) is 4.79 Å². The van der Waals surface area contributed by atoms with Crippen molar-refractivity contribution in [2.45, 2.75) is 32.4 Å². The minimum absolute atomic E-state index is 0.193. The summed E-state index contributed by atoms with van der Waals surface area (Å²) in [4.78, 5) is 25.4. The number of thiophene rings is 1. The lowest BCUT2D eigenvalue weighted by Gasteiger charge is -2.30. The van der Waals surface area contributed by atoms with Crippen molar-refractivity contribution in [3.8, 4) is 0 Å². The maximum absolute atomic E-state index is 11.4. The first kappa shape index (κ1) is 14.0. The number of hydrogen-bond donors (Lipinski definition) is 2. The van der Waals surface area contributed by atoms with E-state index in [0.29, 0.717) is 24.4 Å². The van der Waals surface area contributed by atoms with Gasteiger partial charge in [-0.25, -0.2) is 4.79 Å². The molecular weight excluding hydrogens is 264 g/mol. The smallest absolute Gasteiger partial charge is 0.345 e. The van der Waals surface area contributed by atoms with Crippen LogP contribution in [0.1, 0.15) is 33.0 Å². The number of likely N-dealkylation sites (tertiary alicyclic amines) is 1. The molecule has 1 aliphatic rings. The van der Waals surface area contributed by atoms with Gasteiger partial charge in [-0.05, 0) is 25.0 Å². The van der Waals surface area contributed by atoms with Crippen LogP contribution in [0.4, 0.5) is 0 Å². The lowest BCUT2D eigenvalue weighted by atomic mass is 10.1. The number of rotatable bonds is 4. The Morgan fingerprint density at radius 3 is 2.95 bits per heavy atom. The van der Waals surface area contributed by atoms with E-state index >= 15 is 0 Å². The number of nitrogens with zero attached hydrogens (tertiary/aromatic N) is 1. The van der Waals surface area contributed by atoms with E-state index in [-0.39, 0.29) is 11.9 Å². The summed E-state index contributed by atoms with van der Waals surface area (Å²) in [7, 11) is 1.81. The first-order chi connectivity index (χ1) is 8.97. The predicted octanol–water partition coefficient (Wildman–Crippen LogP) is 1.47. The Labute approximate surface area is 116 Å². The lowest BCUT2D eigenvalue weighted by molar-refractivity contribution is -0.132. The van der Waals surface area contributed by atoms with Crippen molar-refractivity contribution < 1.29 is 14.7 Å². The summed E-state index contributed by atoms with van der Waals surface area (Å²) in [6.07, 6.45) is 1.43. The Bertz CT molecular complexity index is 498. The molecule has 1 fully saturated rings. The van der Waals surface area contributed by atoms with Crippen LogP contribution < -0.4 is 5.32 Å². The van der Waals surface area contributed by atoms with E-state index in [1.807, 2.05) is 14.0 Å². The quantitative estimate of drug-likeness (QED) is 0.877. The average Bonchev–Trinajstić information content (AvgIpc) is 2.73. The zero-order chi connectivity index (χ0) is 14.0. The molecule has 1 aliphatic heterocycles. The zero-order valence-electron chi connectivity index (χ0n) is 11.1. The van der Waals surface area contributed by atoms with Crippen LogP contribution in [0.15, 0.2) is 6.07 Å². The minimum Gasteiger partial charge on any atom is -0.477 e. The summed E-state index contributed by atoms with van der Waals surface area (Å²) < 4.78 is 0. The number of aryl methyl sites for hydroxylation is 1. The number of likely N-dealkylation sites (N-methyl/N-ethyl adjacent to an activating group) is 1. The molecule has 0 saturated carbocycles. The molecule has 0 aliphatic carbocycles. The van der Waals surface area contributed by atoms with Gasteiger partial charge in [0.2, 0.25) is 5.91 Å². The van der Waals surface area contributed by atoms with Crippen LogP contribution in [0.25, 0.3) is 0 Å². The molecule has 1 amide bonds. The van der Waals surface area contributed by atoms with Crippen LogP contribution in [0.3, 0.4) is 0 Å². The number of carboxylic acids is 1. The Balaban J connectivity index is 1.92. The average molecular weight is 282 g/mol. The first-order valence-corrected chi connectivity index (χ1v) is 7.09. The Hall–Kier alpha value is -1.40. The standard InChI is InChI=1S/C13H18N2O3S/c1-8-9(5-11(19-8)13(17)18)6-14-10-3-4-12(16)15(2)7-10/h5,10,14H,3-4,6-7H2,1-2H3,(H,17,18). The Morgan fingerprint density at radius 2 is 2.37 bits per heavy atom. The van der Waals surface area contributed by atoms with Gasteiger partial charge in [0.15, 0.2) is 0 Å². The highest BCUT2D eigenvalue weighted by molar-refractivity contribution is 7.14. The summed E-state index contributed by atoms with van der Waals surface area (Å²) in [6.45, 7) is 3.31. The largest absolute Gasteiger partial charge is 0.477 e. The SMILES string of the molecule is Cc1sc(C(=O)O)cc1CNC1CCC(=O)N(C)C1. The number of carbonyl (C=O) groups excluding carboxylic acids is 1. The van der Waals surface area contributed by atoms with Gasteiger partial charge in [-0.15, -0.1) is 11.3 Å². The molecule has 1 unspecified atom stereocenters. The maximum atomic E-state index is 11.4. The van der Waals surface area contributed by atoms with Crippen molar-refractivity contribution in [3.63, 3.8) is 0 Å². The van der Waals surface area contributed by atoms with Gasteiger partial charge in [0.25, 0.3) is 0 Å². The molecule has 1 atom stereocenters. The molecular formula is C13H18N2O3S. The lowest BCUT2D eigenvalue weighted by Crippen LogP contribution is -2.46. The number of aromatic carboxylic acids is 1. The molecule has 0 spiro atoms. The summed E-state index contributed by atoms with van der Waals surface area (Å²) >= 11 is 1.31. The summed E-state index contributed by atoms with van der Waals surface area (Å²) in [5.74, 6) is -0.680. The molecule has 1 aromatic heterocycles. The van der Waals surface area contributed by atoms with Gasteiger partial charge in [-0.1, -0.05) is 0 Å². The van der Waals surface area contributed by atoms with E-state index in [9.17, 15) is 9.59 Å². The number of hydrogen-bond acceptors (Lipinski definition) is 4. The van der Waals surface area contributed by atoms with E-state index in [2.05, 4.69) is 5.32 Å². The van der Waals surface area contributed by atoms with Gasteiger partial charge in [0.05, 0.1) is 0 Å². The molecule has 0 bridgehead atoms. The molecule has 104 valence electrons. The van der Waals surface area contributed by atoms with Crippen molar-refractivity contribution >= 4 is 23.2 Å². The molecule has 2 N–H and O–H groups in total. The highest BCUT2D eigenvalue weighted by Crippen LogP contribution is 2.22. The van der Waals surface area contributed by atoms with Crippen LogP contribution in [-0.4, -0.2) is 41.5 Å². The van der Waals surface area contributed by atoms with Crippen molar-refractivity contribution in [1.29, 1.82) is 0 Å². The van der Waals surface area contributed by atoms with Gasteiger partial charge in [0.1, 0.15) is 4.88 Å². The Kier molecular flexibility index (Phi) is 4.21. The minimum atomic E-state index is -0.873. The molecule has 0 radical (unpaired) electrons. The molecule has 2 heterocycles. The molecule has 0 aromatic carbocycles. The van der Waals surface area contributed by atoms with Crippen LogP contribution in [0.5, 0.6) is 0 Å². The van der Waals surface area contributed by atoms with Crippen molar-refractivity contribution in [2.24, 2.45) is 0 Å². The molecule has 5 nitrogen and oxygen atoms in total. The third-order valence-corrected chi connectivity index (χ3v) is 4.52. The summed E-state index contributed by atoms with van der Waals surface area (Å²) in [5.41, 5.74) is 1.03. The van der Waals surface area contributed by atoms with Crippen LogP contribution >= 0.6 is 11.3 Å². The highest BCUT2D eigenvalue weighted by Gasteiger charge is 2.22. The first-order valence-electron chi connectivity index (χ1n) is 6.27. The molecule has 19 heavy (non-hydrogen) atoms. The maximum Gasteiger partial charge on any atom is 0.345 e. The van der Waals surface area contributed by atoms with Gasteiger partial charge in [-0.2, -0.15) is 0 Å². The Morgan fingerprint density at radius 1 is 1.63 bits per heavy atom. The van der Waals surface area contributed by atoms with E-state index < -0.39 is 5.97 Å². The predicted molar refractivity (Wildman–Crippen MR) is 73.5 cm³/mol. The third kappa shape index (κ3) is 3.33. The van der Waals surface area contributed by atoms with E-state index in [1.54, 1.807) is 11.0 Å². The summed E-state index contributed by atoms with van der Waals surface area (Å²) in [5, 5.41) is 12.4. The van der Waals surface area contributed by atoms with Gasteiger partial charge < -0.3 is 15.3 Å². The molecule has 1 aromatic rings. The normalized spacial score (nSPS) is 19.8. The third-order valence-electron chi connectivity index (χ3n) is 3.44. The number of piperidine rings is 1. The number of carboxylic acid groups (broad SMARTS) is 1. The monoisotopic (exact) mass is 282 g/mol. The topological polar surface area (TPSA) is 69.6 Å². The zero-order valence-corrected chi connectivity index (χ0v) is 11.9. The molecule has 2 rings (SSSR count). The van der Waals surface area contributed by atoms with E-state index in [1.165, 1.54) is 11.3 Å². The van der Waals surface area contributed by atoms with Gasteiger partial charge in [0, 0.05) is 37.5 Å². The second-order valence-corrected chi connectivity index (χ2v) is 6.14. The number of carbonyl (C=O) groups is 2. The van der Waals surface area contributed by atoms with Crippen LogP contribution in [0, 0.1) is 6.92 Å². The fourth-order valence-corrected chi connectivity index (χ4v) is 3.11. The fourth-order valence-electron chi connectivity index (χ4n) is 2.23. The van der Waals surface area contributed by atoms with Crippen molar-refractivity contribution in [3.05, 3.63) is 21.4 Å². The van der Waals surface area contributed by atoms with Gasteiger partial charge >= 0.3 is 5.97 Å². The molecule has 6 heteroatoms. The van der Waals surface area contributed by atoms with Crippen molar-refractivity contribution in [2.75, 3.05) is 13.6 Å². The number of amides is 1. The summed E-state index contributed by atoms with van der Waals surface area (Å²) in [6, 6.07) is 2.02. The highest BCUT2D eigenvalue weighted by atomic mass is 32.1. The van der Waals surface area contributed by atoms with Crippen molar-refractivity contribution in [1.82, 2.24) is 10.2 Å². The van der Waals surface area contributed by atoms with E-state index in [0.717, 1.165) is 16.9 Å². The second-order valence-electron chi connectivity index (χ2n) is 4.89. The van der Waals surface area contributed by atoms with E-state index in [4.69, 9.17) is 5.11 Å². The number of nitrogens with one attached hydrogen (secondary N) is 1. The van der Waals surface area contributed by atoms with Crippen LogP contribution in [-0.2, 0) is 11.3 Å². The fraction of sp³-hybridized carbons (Fsp3) is 0.538. The second kappa shape index (κ2) is 5.71. The molecule has 1 saturated heterocycles.